The summed E-state index contributed by atoms with van der Waals surface area (Å²) in [6.45, 7) is 2.47. The van der Waals surface area contributed by atoms with Crippen LogP contribution in [0.15, 0.2) is 48.9 Å². The van der Waals surface area contributed by atoms with Crippen molar-refractivity contribution in [3.8, 4) is 0 Å². The van der Waals surface area contributed by atoms with Gasteiger partial charge in [0.15, 0.2) is 5.65 Å². The molecule has 25 heavy (non-hydrogen) atoms. The Balaban J connectivity index is 1.54. The van der Waals surface area contributed by atoms with E-state index in [-0.39, 0.29) is 5.91 Å². The molecule has 1 N–H and O–H groups in total. The summed E-state index contributed by atoms with van der Waals surface area (Å²) in [7, 11) is 5.93. The zero-order valence-corrected chi connectivity index (χ0v) is 13.7. The van der Waals surface area contributed by atoms with E-state index in [1.165, 1.54) is 0 Å². The lowest BCUT2D eigenvalue weighted by molar-refractivity contribution is 0.0303. The van der Waals surface area contributed by atoms with Gasteiger partial charge in [-0.2, -0.15) is 0 Å². The number of morpholine rings is 1. The van der Waals surface area contributed by atoms with Gasteiger partial charge in [0.2, 0.25) is 0 Å². The molecule has 6 nitrogen and oxygen atoms in total. The Hall–Kier alpha value is -2.80. The van der Waals surface area contributed by atoms with Crippen molar-refractivity contribution in [2.24, 2.45) is 0 Å². The van der Waals surface area contributed by atoms with Crippen LogP contribution in [0.3, 0.4) is 0 Å². The maximum Gasteiger partial charge on any atom is 0.254 e. The van der Waals surface area contributed by atoms with E-state index in [1.807, 2.05) is 52.0 Å². The number of nitrogens with zero attached hydrogens (tertiary/aromatic N) is 3. The highest BCUT2D eigenvalue weighted by Crippen LogP contribution is 2.20. The van der Waals surface area contributed by atoms with Crippen LogP contribution in [0.1, 0.15) is 10.4 Å². The molecule has 1 aliphatic heterocycles. The Morgan fingerprint density at radius 1 is 1.20 bits per heavy atom. The van der Waals surface area contributed by atoms with Crippen LogP contribution in [0.5, 0.6) is 0 Å². The van der Waals surface area contributed by atoms with Gasteiger partial charge in [-0.3, -0.25) is 4.79 Å². The largest absolute Gasteiger partial charge is 0.378 e. The van der Waals surface area contributed by atoms with E-state index in [0.717, 1.165) is 17.0 Å². The van der Waals surface area contributed by atoms with Crippen molar-refractivity contribution in [2.45, 2.75) is 0 Å². The molecule has 124 valence electrons. The Morgan fingerprint density at radius 2 is 1.96 bits per heavy atom. The Kier molecular flexibility index (Phi) is 4.15. The number of aromatic nitrogens is 2. The second kappa shape index (κ2) is 6.60. The van der Waals surface area contributed by atoms with E-state index < -0.39 is 0 Å². The number of hydrogen-bond acceptors (Lipinski definition) is 4. The molecule has 1 aromatic carbocycles. The van der Waals surface area contributed by atoms with E-state index in [2.05, 4.69) is 10.3 Å². The molecular weight excluding hydrogens is 315 g/mol. The smallest absolute Gasteiger partial charge is 0.254 e. The Bertz CT molecular complexity index is 901. The van der Waals surface area contributed by atoms with E-state index >= 15 is 0 Å². The van der Waals surface area contributed by atoms with Crippen LogP contribution < -0.4 is 10.8 Å². The lowest BCUT2D eigenvalue weighted by Crippen LogP contribution is -2.40. The number of amides is 1. The van der Waals surface area contributed by atoms with Gasteiger partial charge in [0.25, 0.3) is 5.91 Å². The Labute approximate surface area is 146 Å². The average Bonchev–Trinajstić information content (AvgIpc) is 3.11. The minimum absolute atomic E-state index is 0.0365. The van der Waals surface area contributed by atoms with Crippen molar-refractivity contribution in [3.63, 3.8) is 0 Å². The zero-order chi connectivity index (χ0) is 17.2. The maximum absolute atomic E-state index is 12.5. The summed E-state index contributed by atoms with van der Waals surface area (Å²) in [4.78, 5) is 18.6. The molecule has 0 aliphatic carbocycles. The fourth-order valence-electron chi connectivity index (χ4n) is 2.95. The summed E-state index contributed by atoms with van der Waals surface area (Å²) in [5.41, 5.74) is 3.80. The molecule has 1 saturated heterocycles. The number of nitrogens with one attached hydrogen (secondary N) is 1. The zero-order valence-electron chi connectivity index (χ0n) is 13.7. The summed E-state index contributed by atoms with van der Waals surface area (Å²) in [6, 6.07) is 9.27. The summed E-state index contributed by atoms with van der Waals surface area (Å²) in [6.07, 6.45) is 5.39. The first kappa shape index (κ1) is 15.7. The molecule has 0 saturated carbocycles. The number of hydrogen-bond donors (Lipinski definition) is 1. The van der Waals surface area contributed by atoms with Gasteiger partial charge in [-0.05, 0) is 30.3 Å². The van der Waals surface area contributed by atoms with Crippen molar-refractivity contribution < 1.29 is 9.53 Å². The second-order valence-corrected chi connectivity index (χ2v) is 5.95. The van der Waals surface area contributed by atoms with Gasteiger partial charge < -0.3 is 19.4 Å². The highest BCUT2D eigenvalue weighted by molar-refractivity contribution is 6.32. The molecule has 0 spiro atoms. The first-order valence-corrected chi connectivity index (χ1v) is 8.17. The van der Waals surface area contributed by atoms with Gasteiger partial charge in [-0.1, -0.05) is 5.46 Å². The number of pyridine rings is 1. The monoisotopic (exact) mass is 332 g/mol. The van der Waals surface area contributed by atoms with E-state index in [0.29, 0.717) is 37.3 Å². The molecule has 1 amide bonds. The molecule has 4 rings (SSSR count). The van der Waals surface area contributed by atoms with Gasteiger partial charge in [0, 0.05) is 42.9 Å². The molecule has 3 heterocycles. The van der Waals surface area contributed by atoms with E-state index in [1.54, 1.807) is 6.20 Å². The Morgan fingerprint density at radius 3 is 2.72 bits per heavy atom. The van der Waals surface area contributed by atoms with Crippen molar-refractivity contribution >= 4 is 36.2 Å². The van der Waals surface area contributed by atoms with Crippen LogP contribution in [0.2, 0.25) is 0 Å². The molecule has 0 bridgehead atoms. The molecule has 2 aromatic heterocycles. The van der Waals surface area contributed by atoms with Crippen molar-refractivity contribution in [2.75, 3.05) is 31.6 Å². The van der Waals surface area contributed by atoms with Gasteiger partial charge in [-0.15, -0.1) is 0 Å². The number of fused-ring (bicyclic) bond motifs is 1. The van der Waals surface area contributed by atoms with Gasteiger partial charge in [0.1, 0.15) is 7.85 Å². The second-order valence-electron chi connectivity index (χ2n) is 5.95. The van der Waals surface area contributed by atoms with Crippen LogP contribution >= 0.6 is 0 Å². The van der Waals surface area contributed by atoms with Crippen LogP contribution in [0.4, 0.5) is 11.4 Å². The number of ether oxygens (including phenoxy) is 1. The fourth-order valence-corrected chi connectivity index (χ4v) is 2.95. The molecule has 7 heteroatoms. The van der Waals surface area contributed by atoms with Crippen LogP contribution in [-0.4, -0.2) is 54.3 Å². The number of carbonyl (C=O) groups is 1. The molecule has 0 atom stereocenters. The highest BCUT2D eigenvalue weighted by atomic mass is 16.5. The van der Waals surface area contributed by atoms with E-state index in [9.17, 15) is 4.79 Å². The van der Waals surface area contributed by atoms with Crippen molar-refractivity contribution in [1.82, 2.24) is 14.3 Å². The van der Waals surface area contributed by atoms with E-state index in [4.69, 9.17) is 12.6 Å². The topological polar surface area (TPSA) is 58.9 Å². The number of rotatable bonds is 3. The van der Waals surface area contributed by atoms with Gasteiger partial charge in [-0.25, -0.2) is 4.98 Å². The fraction of sp³-hybridized carbons (Fsp3) is 0.222. The summed E-state index contributed by atoms with van der Waals surface area (Å²) in [5.74, 6) is 0.0365. The first-order valence-electron chi connectivity index (χ1n) is 8.17. The lowest BCUT2D eigenvalue weighted by Gasteiger charge is -2.26. The van der Waals surface area contributed by atoms with Crippen LogP contribution in [0.25, 0.3) is 5.65 Å². The average molecular weight is 332 g/mol. The van der Waals surface area contributed by atoms with Crippen molar-refractivity contribution in [3.05, 3.63) is 54.5 Å². The maximum atomic E-state index is 12.5. The lowest BCUT2D eigenvalue weighted by atomic mass is 9.98. The summed E-state index contributed by atoms with van der Waals surface area (Å²) in [5, 5.41) is 3.31. The SMILES string of the molecule is [B]c1cc(Nc2ccc(C(=O)N3CCOCC3)cc2)c2nccn2c1. The normalized spacial score (nSPS) is 14.6. The predicted octanol–water partition coefficient (Wildman–Crippen LogP) is 1.34. The van der Waals surface area contributed by atoms with Crippen LogP contribution in [0, 0.1) is 0 Å². The minimum atomic E-state index is 0.0365. The first-order chi connectivity index (χ1) is 12.2. The number of imidazole rings is 1. The van der Waals surface area contributed by atoms with Gasteiger partial charge >= 0.3 is 0 Å². The third-order valence-electron chi connectivity index (χ3n) is 4.22. The van der Waals surface area contributed by atoms with Gasteiger partial charge in [0.05, 0.1) is 18.9 Å². The standard InChI is InChI=1S/C18H17BN4O2/c19-14-11-16(17-20-5-6-23(17)12-14)21-15-3-1-13(2-4-15)18(24)22-7-9-25-10-8-22/h1-6,11-12,21H,7-10H2. The van der Waals surface area contributed by atoms with Crippen molar-refractivity contribution in [1.29, 1.82) is 0 Å². The molecule has 0 unspecified atom stereocenters. The highest BCUT2D eigenvalue weighted by Gasteiger charge is 2.18. The summed E-state index contributed by atoms with van der Waals surface area (Å²) < 4.78 is 7.16. The quantitative estimate of drug-likeness (QED) is 0.736. The number of benzene rings is 1. The van der Waals surface area contributed by atoms with Crippen LogP contribution in [-0.2, 0) is 4.74 Å². The third-order valence-corrected chi connectivity index (χ3v) is 4.22. The third kappa shape index (κ3) is 3.23. The summed E-state index contributed by atoms with van der Waals surface area (Å²) >= 11 is 0. The molecule has 2 radical (unpaired) electrons. The molecular formula is C18H17BN4O2. The predicted molar refractivity (Wildman–Crippen MR) is 97.0 cm³/mol. The minimum Gasteiger partial charge on any atom is -0.378 e. The number of carbonyl (C=O) groups excluding carboxylic acids is 1. The number of anilines is 2. The molecule has 1 aliphatic rings. The molecule has 3 aromatic rings. The molecule has 1 fully saturated rings.